The van der Waals surface area contributed by atoms with E-state index in [0.717, 1.165) is 4.57 Å². The molecule has 2 aromatic heterocycles. The van der Waals surface area contributed by atoms with Crippen LogP contribution in [0, 0.1) is 0 Å². The highest BCUT2D eigenvalue weighted by molar-refractivity contribution is 7.91. The zero-order valence-corrected chi connectivity index (χ0v) is 18.4. The molecule has 10 nitrogen and oxygen atoms in total. The van der Waals surface area contributed by atoms with Crippen LogP contribution in [0.15, 0.2) is 39.9 Å². The van der Waals surface area contributed by atoms with Gasteiger partial charge < -0.3 is 4.90 Å². The average molecular weight is 466 g/mol. The molecule has 1 fully saturated rings. The number of anilines is 1. The Morgan fingerprint density at radius 2 is 1.87 bits per heavy atom. The highest BCUT2D eigenvalue weighted by atomic mass is 35.5. The first kappa shape index (κ1) is 21.3. The van der Waals surface area contributed by atoms with Gasteiger partial charge in [-0.05, 0) is 30.2 Å². The number of amides is 1. The van der Waals surface area contributed by atoms with Gasteiger partial charge in [-0.3, -0.25) is 23.3 Å². The number of aromatic nitrogens is 4. The van der Waals surface area contributed by atoms with Gasteiger partial charge in [-0.2, -0.15) is 4.98 Å². The Hall–Kier alpha value is -2.92. The van der Waals surface area contributed by atoms with E-state index in [2.05, 4.69) is 4.98 Å². The molecule has 1 aliphatic heterocycles. The fraction of sp³-hybridized carbons (Fsp3) is 0.368. The summed E-state index contributed by atoms with van der Waals surface area (Å²) in [5.41, 5.74) is -0.543. The Morgan fingerprint density at radius 1 is 1.19 bits per heavy atom. The Kier molecular flexibility index (Phi) is 5.26. The van der Waals surface area contributed by atoms with Gasteiger partial charge in [0.05, 0.1) is 17.5 Å². The number of sulfone groups is 1. The molecule has 1 aliphatic rings. The van der Waals surface area contributed by atoms with Crippen LogP contribution in [-0.2, 0) is 35.3 Å². The number of para-hydroxylation sites is 1. The lowest BCUT2D eigenvalue weighted by atomic mass is 10.1. The number of hydrogen-bond acceptors (Lipinski definition) is 6. The molecule has 3 heterocycles. The Bertz CT molecular complexity index is 1410. The van der Waals surface area contributed by atoms with Crippen LogP contribution in [0.25, 0.3) is 11.2 Å². The summed E-state index contributed by atoms with van der Waals surface area (Å²) in [6.45, 7) is -0.339. The van der Waals surface area contributed by atoms with Crippen LogP contribution in [0.3, 0.4) is 0 Å². The van der Waals surface area contributed by atoms with Gasteiger partial charge in [-0.15, -0.1) is 0 Å². The summed E-state index contributed by atoms with van der Waals surface area (Å²) in [6, 6.07) is 8.22. The third kappa shape index (κ3) is 3.68. The molecule has 0 bridgehead atoms. The van der Waals surface area contributed by atoms with Crippen molar-refractivity contribution in [2.24, 2.45) is 14.1 Å². The second-order valence-corrected chi connectivity index (χ2v) is 10.1. The van der Waals surface area contributed by atoms with Crippen molar-refractivity contribution in [2.75, 3.05) is 16.4 Å². The third-order valence-electron chi connectivity index (χ3n) is 5.47. The van der Waals surface area contributed by atoms with Gasteiger partial charge in [0.1, 0.15) is 6.54 Å². The van der Waals surface area contributed by atoms with E-state index in [-0.39, 0.29) is 34.5 Å². The van der Waals surface area contributed by atoms with Crippen molar-refractivity contribution in [1.29, 1.82) is 0 Å². The molecule has 1 saturated heterocycles. The van der Waals surface area contributed by atoms with Crippen molar-refractivity contribution in [3.63, 3.8) is 0 Å². The van der Waals surface area contributed by atoms with Crippen LogP contribution in [0.1, 0.15) is 6.42 Å². The van der Waals surface area contributed by atoms with Crippen molar-refractivity contribution in [1.82, 2.24) is 18.7 Å². The second kappa shape index (κ2) is 7.65. The molecule has 12 heteroatoms. The van der Waals surface area contributed by atoms with Gasteiger partial charge in [-0.25, -0.2) is 13.2 Å². The van der Waals surface area contributed by atoms with E-state index in [1.54, 1.807) is 30.3 Å². The normalized spacial score (nSPS) is 17.8. The van der Waals surface area contributed by atoms with Gasteiger partial charge in [-0.1, -0.05) is 18.2 Å². The lowest BCUT2D eigenvalue weighted by Crippen LogP contribution is -2.43. The van der Waals surface area contributed by atoms with Crippen molar-refractivity contribution in [2.45, 2.75) is 19.0 Å². The van der Waals surface area contributed by atoms with E-state index in [1.165, 1.54) is 28.1 Å². The first-order valence-electron chi connectivity index (χ1n) is 9.50. The molecule has 1 atom stereocenters. The zero-order valence-electron chi connectivity index (χ0n) is 16.9. The largest absolute Gasteiger partial charge is 0.332 e. The molecule has 0 saturated carbocycles. The van der Waals surface area contributed by atoms with Gasteiger partial charge in [0.25, 0.3) is 5.56 Å². The summed E-state index contributed by atoms with van der Waals surface area (Å²) in [5, 5.41) is -0.117. The van der Waals surface area contributed by atoms with E-state index in [4.69, 9.17) is 11.6 Å². The average Bonchev–Trinajstić information content (AvgIpc) is 3.25. The number of hydrogen-bond donors (Lipinski definition) is 0. The van der Waals surface area contributed by atoms with E-state index in [0.29, 0.717) is 12.1 Å². The van der Waals surface area contributed by atoms with E-state index in [9.17, 15) is 22.8 Å². The Labute approximate surface area is 182 Å². The summed E-state index contributed by atoms with van der Waals surface area (Å²) in [6.07, 6.45) is 0.317. The highest BCUT2D eigenvalue weighted by Gasteiger charge is 2.36. The summed E-state index contributed by atoms with van der Waals surface area (Å²) in [7, 11) is -0.452. The van der Waals surface area contributed by atoms with Crippen molar-refractivity contribution < 1.29 is 13.2 Å². The minimum absolute atomic E-state index is 0.00565. The lowest BCUT2D eigenvalue weighted by Gasteiger charge is -2.28. The number of imidazole rings is 1. The Balaban J connectivity index is 1.80. The minimum Gasteiger partial charge on any atom is -0.307 e. The van der Waals surface area contributed by atoms with Crippen molar-refractivity contribution in [3.8, 4) is 0 Å². The molecule has 0 unspecified atom stereocenters. The minimum atomic E-state index is -3.24. The van der Waals surface area contributed by atoms with Crippen LogP contribution in [0.4, 0.5) is 5.69 Å². The van der Waals surface area contributed by atoms with Gasteiger partial charge in [0.2, 0.25) is 11.2 Å². The Morgan fingerprint density at radius 3 is 2.48 bits per heavy atom. The number of rotatable bonds is 4. The summed E-state index contributed by atoms with van der Waals surface area (Å²) >= 11 is 6.24. The number of fused-ring (bicyclic) bond motifs is 1. The number of aryl methyl sites for hydroxylation is 1. The fourth-order valence-electron chi connectivity index (χ4n) is 3.90. The number of benzene rings is 1. The maximum Gasteiger partial charge on any atom is 0.332 e. The monoisotopic (exact) mass is 465 g/mol. The molecule has 0 radical (unpaired) electrons. The van der Waals surface area contributed by atoms with Crippen LogP contribution >= 0.6 is 11.6 Å². The summed E-state index contributed by atoms with van der Waals surface area (Å²) < 4.78 is 27.4. The predicted molar refractivity (Wildman–Crippen MR) is 116 cm³/mol. The summed E-state index contributed by atoms with van der Waals surface area (Å²) in [4.78, 5) is 43.8. The molecular weight excluding hydrogens is 446 g/mol. The molecule has 0 spiro atoms. The van der Waals surface area contributed by atoms with E-state index >= 15 is 0 Å². The first-order chi connectivity index (χ1) is 14.6. The second-order valence-electron chi connectivity index (χ2n) is 7.50. The maximum atomic E-state index is 13.4. The molecule has 0 N–H and O–H groups in total. The molecule has 4 rings (SSSR count). The SMILES string of the molecule is Cn1c(=O)c2c(nc(Cl)n2CC(=O)N(c2ccccc2)[C@@H]2CCS(=O)(=O)C2)n(C)c1=O. The highest BCUT2D eigenvalue weighted by Crippen LogP contribution is 2.26. The molecule has 1 amide bonds. The van der Waals surface area contributed by atoms with Crippen molar-refractivity contribution >= 4 is 44.2 Å². The smallest absolute Gasteiger partial charge is 0.307 e. The topological polar surface area (TPSA) is 116 Å². The van der Waals surface area contributed by atoms with Gasteiger partial charge in [0.15, 0.2) is 21.0 Å². The van der Waals surface area contributed by atoms with Crippen molar-refractivity contribution in [3.05, 3.63) is 56.5 Å². The molecule has 1 aromatic carbocycles. The zero-order chi connectivity index (χ0) is 22.5. The lowest BCUT2D eigenvalue weighted by molar-refractivity contribution is -0.119. The van der Waals surface area contributed by atoms with Crippen LogP contribution < -0.4 is 16.1 Å². The van der Waals surface area contributed by atoms with Gasteiger partial charge in [0, 0.05) is 19.8 Å². The molecule has 31 heavy (non-hydrogen) atoms. The van der Waals surface area contributed by atoms with E-state index < -0.39 is 33.0 Å². The number of carbonyl (C=O) groups is 1. The molecule has 0 aliphatic carbocycles. The quantitative estimate of drug-likeness (QED) is 0.512. The number of halogens is 1. The number of carbonyl (C=O) groups excluding carboxylic acids is 1. The molecule has 164 valence electrons. The fourth-order valence-corrected chi connectivity index (χ4v) is 5.83. The van der Waals surface area contributed by atoms with E-state index in [1.807, 2.05) is 0 Å². The van der Waals surface area contributed by atoms with Crippen LogP contribution in [0.5, 0.6) is 0 Å². The standard InChI is InChI=1S/C19H20ClN5O5S/c1-22-16-15(17(27)23(2)19(22)28)24(18(20)21-16)10-14(26)25(12-6-4-3-5-7-12)13-8-9-31(29,30)11-13/h3-7,13H,8-11H2,1-2H3/t13-/m1/s1. The third-order valence-corrected chi connectivity index (χ3v) is 7.51. The maximum absolute atomic E-state index is 13.4. The predicted octanol–water partition coefficient (Wildman–Crippen LogP) is 0.307. The molecule has 3 aromatic rings. The van der Waals surface area contributed by atoms with Gasteiger partial charge >= 0.3 is 5.69 Å². The summed E-state index contributed by atoms with van der Waals surface area (Å²) in [5.74, 6) is -0.570. The van der Waals surface area contributed by atoms with Crippen LogP contribution in [0.2, 0.25) is 5.28 Å². The van der Waals surface area contributed by atoms with Crippen LogP contribution in [-0.4, -0.2) is 50.6 Å². The number of nitrogens with zero attached hydrogens (tertiary/aromatic N) is 5. The first-order valence-corrected chi connectivity index (χ1v) is 11.7. The molecular formula is C19H20ClN5O5S.